The van der Waals surface area contributed by atoms with Crippen LogP contribution in [-0.4, -0.2) is 88.4 Å². The molecule has 1 spiro atoms. The molecule has 7 rings (SSSR count). The van der Waals surface area contributed by atoms with Crippen LogP contribution in [0.2, 0.25) is 5.02 Å². The van der Waals surface area contributed by atoms with E-state index < -0.39 is 18.1 Å². The number of aliphatic hydroxyl groups is 2. The number of aromatic nitrogens is 1. The number of nitrogens with zero attached hydrogens (tertiary/aromatic N) is 2. The maximum Gasteiger partial charge on any atom is 0.326 e. The molecule has 4 aromatic carbocycles. The highest BCUT2D eigenvalue weighted by Gasteiger charge is 2.44. The Morgan fingerprint density at radius 3 is 2.30 bits per heavy atom. The Balaban J connectivity index is 1.02. The molecule has 2 saturated heterocycles. The second-order valence-corrected chi connectivity index (χ2v) is 16.8. The zero-order chi connectivity index (χ0) is 43.1. The van der Waals surface area contributed by atoms with Gasteiger partial charge in [-0.1, -0.05) is 60.1 Å². The van der Waals surface area contributed by atoms with E-state index in [0.717, 1.165) is 89.3 Å². The van der Waals surface area contributed by atoms with Crippen LogP contribution in [0, 0.1) is 13.8 Å². The van der Waals surface area contributed by atoms with Gasteiger partial charge in [0, 0.05) is 74.8 Å². The molecule has 0 radical (unpaired) electrons. The highest BCUT2D eigenvalue weighted by atomic mass is 35.5. The average Bonchev–Trinajstić information content (AvgIpc) is 3.26. The molecule has 322 valence electrons. The summed E-state index contributed by atoms with van der Waals surface area (Å²) < 4.78 is 18.8. The van der Waals surface area contributed by atoms with Gasteiger partial charge in [-0.05, 0) is 96.8 Å². The predicted octanol–water partition coefficient (Wildman–Crippen LogP) is 7.34. The molecule has 5 aromatic rings. The molecule has 2 aliphatic rings. The first kappa shape index (κ1) is 43.9. The Bertz CT molecular complexity index is 2310. The van der Waals surface area contributed by atoms with Crippen molar-refractivity contribution in [3.8, 4) is 39.5 Å². The molecule has 12 nitrogen and oxygen atoms in total. The molecule has 2 atom stereocenters. The Kier molecular flexibility index (Phi) is 13.8. The van der Waals surface area contributed by atoms with Gasteiger partial charge in [0.25, 0.3) is 0 Å². The molecule has 0 bridgehead atoms. The summed E-state index contributed by atoms with van der Waals surface area (Å²) in [5, 5.41) is 38.9. The molecule has 0 saturated carbocycles. The predicted molar refractivity (Wildman–Crippen MR) is 238 cm³/mol. The Hall–Kier alpha value is -5.21. The van der Waals surface area contributed by atoms with Crippen molar-refractivity contribution in [1.82, 2.24) is 20.5 Å². The summed E-state index contributed by atoms with van der Waals surface area (Å²) in [5.74, 6) is 0.529. The third-order valence-corrected chi connectivity index (χ3v) is 12.5. The third kappa shape index (κ3) is 10.3. The molecule has 2 fully saturated rings. The third-order valence-electron chi connectivity index (χ3n) is 12.2. The summed E-state index contributed by atoms with van der Waals surface area (Å²) in [4.78, 5) is 18.6. The standard InChI is InChI=1S/C48H56ClN5O7/c1-31-35(29-61-44-23-43(60-28-33-21-37(50-4)27-51-25-33)36(22-42(44)49)26-52-47(3,30-55)46(57)58)7-5-9-40(31)41-10-6-8-39(32(41)2)34-11-13-38(14-12-34)59-20-19-54-17-15-48(16-18-54)24-45(56)53-48/h5-14,21-23,25,27,45,50,52-53,55-56H,15-20,24,26,28-30H2,1-4H3,(H,57,58). The topological polar surface area (TPSA) is 158 Å². The Morgan fingerprint density at radius 2 is 1.61 bits per heavy atom. The van der Waals surface area contributed by atoms with E-state index in [1.165, 1.54) is 12.5 Å². The van der Waals surface area contributed by atoms with E-state index in [2.05, 4.69) is 76.1 Å². The molecule has 13 heteroatoms. The number of halogens is 1. The van der Waals surface area contributed by atoms with Crippen LogP contribution in [0.4, 0.5) is 5.69 Å². The van der Waals surface area contributed by atoms with Gasteiger partial charge in [-0.3, -0.25) is 25.3 Å². The summed E-state index contributed by atoms with van der Waals surface area (Å²) in [5.41, 5.74) is 8.57. The summed E-state index contributed by atoms with van der Waals surface area (Å²) in [6.45, 7) is 9.11. The summed E-state index contributed by atoms with van der Waals surface area (Å²) in [6.07, 6.45) is 6.07. The van der Waals surface area contributed by atoms with Gasteiger partial charge >= 0.3 is 5.97 Å². The lowest BCUT2D eigenvalue weighted by Gasteiger charge is -2.51. The maximum atomic E-state index is 11.9. The first-order valence-electron chi connectivity index (χ1n) is 20.8. The number of piperidine rings is 1. The van der Waals surface area contributed by atoms with Gasteiger partial charge in [-0.15, -0.1) is 0 Å². The summed E-state index contributed by atoms with van der Waals surface area (Å²) in [6, 6.07) is 26.3. The number of carboxylic acid groups (broad SMARTS) is 1. The van der Waals surface area contributed by atoms with Crippen LogP contribution >= 0.6 is 11.6 Å². The highest BCUT2D eigenvalue weighted by Crippen LogP contribution is 2.38. The van der Waals surface area contributed by atoms with E-state index in [0.29, 0.717) is 28.7 Å². The number of hydrogen-bond donors (Lipinski definition) is 6. The second-order valence-electron chi connectivity index (χ2n) is 16.4. The average molecular weight is 850 g/mol. The number of aliphatic hydroxyl groups excluding tert-OH is 2. The minimum absolute atomic E-state index is 0.0662. The normalized spacial score (nSPS) is 17.0. The number of ether oxygens (including phenoxy) is 3. The van der Waals surface area contributed by atoms with Gasteiger partial charge in [0.15, 0.2) is 0 Å². The minimum Gasteiger partial charge on any atom is -0.492 e. The van der Waals surface area contributed by atoms with Gasteiger partial charge in [-0.25, -0.2) is 0 Å². The number of benzene rings is 4. The van der Waals surface area contributed by atoms with Gasteiger partial charge in [-0.2, -0.15) is 0 Å². The molecule has 0 aliphatic carbocycles. The number of carbonyl (C=O) groups is 1. The van der Waals surface area contributed by atoms with Crippen LogP contribution in [0.1, 0.15) is 54.0 Å². The number of anilines is 1. The Morgan fingerprint density at radius 1 is 0.918 bits per heavy atom. The van der Waals surface area contributed by atoms with Crippen LogP contribution in [0.15, 0.2) is 91.3 Å². The minimum atomic E-state index is -1.57. The van der Waals surface area contributed by atoms with Crippen LogP contribution in [-0.2, 0) is 24.6 Å². The van der Waals surface area contributed by atoms with Crippen molar-refractivity contribution >= 4 is 23.3 Å². The first-order valence-corrected chi connectivity index (χ1v) is 21.2. The van der Waals surface area contributed by atoms with Crippen molar-refractivity contribution in [1.29, 1.82) is 0 Å². The molecule has 0 amide bonds. The van der Waals surface area contributed by atoms with Crippen molar-refractivity contribution in [3.63, 3.8) is 0 Å². The van der Waals surface area contributed by atoms with Gasteiger partial charge < -0.3 is 34.8 Å². The van der Waals surface area contributed by atoms with Crippen molar-refractivity contribution in [3.05, 3.63) is 124 Å². The molecule has 2 unspecified atom stereocenters. The lowest BCUT2D eigenvalue weighted by atomic mass is 9.78. The number of pyridine rings is 1. The summed E-state index contributed by atoms with van der Waals surface area (Å²) >= 11 is 6.81. The van der Waals surface area contributed by atoms with Crippen LogP contribution < -0.4 is 30.2 Å². The molecule has 2 aliphatic heterocycles. The maximum absolute atomic E-state index is 11.9. The van der Waals surface area contributed by atoms with Gasteiger partial charge in [0.05, 0.1) is 17.3 Å². The largest absolute Gasteiger partial charge is 0.492 e. The number of nitrogens with one attached hydrogen (secondary N) is 3. The quantitative estimate of drug-likeness (QED) is 0.0523. The molecule has 61 heavy (non-hydrogen) atoms. The zero-order valence-electron chi connectivity index (χ0n) is 35.3. The lowest BCUT2D eigenvalue weighted by molar-refractivity contribution is -0.145. The molecule has 3 heterocycles. The highest BCUT2D eigenvalue weighted by molar-refractivity contribution is 6.32. The molecular formula is C48H56ClN5O7. The first-order chi connectivity index (χ1) is 29.4. The SMILES string of the molecule is CNc1cncc(COc2cc(OCc3cccc(-c4cccc(-c5ccc(OCCN6CCC7(CC6)CC(O)N7)cc5)c4C)c3C)c(Cl)cc2CNC(C)(CO)C(=O)O)c1. The number of carboxylic acids is 1. The smallest absolute Gasteiger partial charge is 0.326 e. The van der Waals surface area contributed by atoms with E-state index in [1.54, 1.807) is 24.5 Å². The van der Waals surface area contributed by atoms with Gasteiger partial charge in [0.2, 0.25) is 0 Å². The number of likely N-dealkylation sites (tertiary alicyclic amines) is 1. The molecular weight excluding hydrogens is 794 g/mol. The zero-order valence-corrected chi connectivity index (χ0v) is 36.0. The lowest BCUT2D eigenvalue weighted by Crippen LogP contribution is -2.67. The molecule has 1 aromatic heterocycles. The van der Waals surface area contributed by atoms with Crippen molar-refractivity contribution in [2.75, 3.05) is 45.2 Å². The van der Waals surface area contributed by atoms with E-state index in [-0.39, 0.29) is 31.5 Å². The fraction of sp³-hybridized carbons (Fsp3) is 0.375. The fourth-order valence-corrected chi connectivity index (χ4v) is 8.36. The van der Waals surface area contributed by atoms with E-state index in [4.69, 9.17) is 25.8 Å². The monoisotopic (exact) mass is 849 g/mol. The number of aliphatic carboxylic acids is 1. The molecule has 6 N–H and O–H groups in total. The van der Waals surface area contributed by atoms with E-state index >= 15 is 0 Å². The van der Waals surface area contributed by atoms with Crippen molar-refractivity contribution in [2.45, 2.75) is 77.1 Å². The van der Waals surface area contributed by atoms with E-state index in [1.807, 2.05) is 37.4 Å². The Labute approximate surface area is 362 Å². The van der Waals surface area contributed by atoms with Crippen LogP contribution in [0.25, 0.3) is 22.3 Å². The fourth-order valence-electron chi connectivity index (χ4n) is 8.12. The van der Waals surface area contributed by atoms with Crippen molar-refractivity contribution < 1.29 is 34.3 Å². The second kappa shape index (κ2) is 19.2. The summed E-state index contributed by atoms with van der Waals surface area (Å²) in [7, 11) is 1.81. The van der Waals surface area contributed by atoms with E-state index in [9.17, 15) is 20.1 Å². The number of rotatable bonds is 18. The van der Waals surface area contributed by atoms with Crippen LogP contribution in [0.3, 0.4) is 0 Å². The van der Waals surface area contributed by atoms with Crippen LogP contribution in [0.5, 0.6) is 17.2 Å². The number of hydrogen-bond acceptors (Lipinski definition) is 11. The van der Waals surface area contributed by atoms with Gasteiger partial charge in [0.1, 0.15) is 48.8 Å². The van der Waals surface area contributed by atoms with Crippen molar-refractivity contribution in [2.24, 2.45) is 0 Å².